The van der Waals surface area contributed by atoms with Gasteiger partial charge in [0, 0.05) is 13.5 Å². The summed E-state index contributed by atoms with van der Waals surface area (Å²) in [6, 6.07) is 8.82. The Morgan fingerprint density at radius 3 is 2.30 bits per heavy atom. The van der Waals surface area contributed by atoms with Gasteiger partial charge in [-0.3, -0.25) is 14.4 Å². The molecule has 0 aliphatic heterocycles. The first kappa shape index (κ1) is 29.3. The topological polar surface area (TPSA) is 106 Å². The first-order valence-electron chi connectivity index (χ1n) is 12.1. The van der Waals surface area contributed by atoms with Crippen molar-refractivity contribution in [2.24, 2.45) is 0 Å². The molecule has 214 valence electrons. The monoisotopic (exact) mass is 581 g/mol. The maximum atomic E-state index is 15.4. The van der Waals surface area contributed by atoms with Gasteiger partial charge in [-0.25, -0.2) is 31.5 Å². The van der Waals surface area contributed by atoms with E-state index in [1.807, 2.05) is 5.48 Å². The zero-order valence-corrected chi connectivity index (χ0v) is 22.6. The number of hydroxylamine groups is 1. The highest BCUT2D eigenvalue weighted by Crippen LogP contribution is 2.44. The molecule has 0 radical (unpaired) electrons. The fourth-order valence-electron chi connectivity index (χ4n) is 4.26. The number of ether oxygens (including phenoxy) is 1. The molecule has 0 aromatic heterocycles. The lowest BCUT2D eigenvalue weighted by molar-refractivity contribution is 0.0538. The molecule has 1 aliphatic rings. The number of rotatable bonds is 11. The largest absolute Gasteiger partial charge is 0.383 e. The molecule has 0 atom stereocenters. The van der Waals surface area contributed by atoms with Crippen LogP contribution < -0.4 is 15.5 Å². The Balaban J connectivity index is 1.71. The molecule has 8 nitrogen and oxygen atoms in total. The van der Waals surface area contributed by atoms with Crippen molar-refractivity contribution in [3.05, 3.63) is 88.0 Å². The van der Waals surface area contributed by atoms with Crippen molar-refractivity contribution in [2.75, 3.05) is 30.9 Å². The van der Waals surface area contributed by atoms with Crippen LogP contribution in [0.25, 0.3) is 0 Å². The minimum Gasteiger partial charge on any atom is -0.383 e. The summed E-state index contributed by atoms with van der Waals surface area (Å²) in [7, 11) is -1.52. The van der Waals surface area contributed by atoms with Crippen molar-refractivity contribution in [2.45, 2.75) is 30.9 Å². The standard InChI is InChI=1S/C27H27F4N3O5S/c1-15-7-8-20(19(28)11-15)32-25-18(26(35)33-39-3)13-17(23(30)24(25)31)12-16-5-4-6-21(22(16)29)34-40(36,37)27(9-10-27)14-38-2/h4-8,11,13,32,34H,9-10,12,14H2,1-3H3,(H,33,35). The van der Waals surface area contributed by atoms with Gasteiger partial charge in [-0.2, -0.15) is 0 Å². The van der Waals surface area contributed by atoms with Gasteiger partial charge in [-0.05, 0) is 60.7 Å². The summed E-state index contributed by atoms with van der Waals surface area (Å²) in [5.74, 6) is -5.65. The average molecular weight is 582 g/mol. The van der Waals surface area contributed by atoms with E-state index in [0.717, 1.165) is 13.2 Å². The molecule has 1 fully saturated rings. The summed E-state index contributed by atoms with van der Waals surface area (Å²) in [6.07, 6.45) is 0.155. The van der Waals surface area contributed by atoms with E-state index in [0.29, 0.717) is 18.4 Å². The summed E-state index contributed by atoms with van der Waals surface area (Å²) >= 11 is 0. The summed E-state index contributed by atoms with van der Waals surface area (Å²) < 4.78 is 92.3. The van der Waals surface area contributed by atoms with Crippen LogP contribution in [0.2, 0.25) is 0 Å². The lowest BCUT2D eigenvalue weighted by atomic mass is 9.99. The summed E-state index contributed by atoms with van der Waals surface area (Å²) in [4.78, 5) is 17.3. The third-order valence-corrected chi connectivity index (χ3v) is 8.75. The van der Waals surface area contributed by atoms with Gasteiger partial charge >= 0.3 is 0 Å². The predicted molar refractivity (Wildman–Crippen MR) is 141 cm³/mol. The second-order valence-corrected chi connectivity index (χ2v) is 11.6. The molecule has 0 saturated heterocycles. The number of carbonyl (C=O) groups is 1. The van der Waals surface area contributed by atoms with E-state index >= 15 is 13.2 Å². The van der Waals surface area contributed by atoms with E-state index in [9.17, 15) is 17.6 Å². The molecule has 3 aromatic carbocycles. The molecule has 3 N–H and O–H groups in total. The van der Waals surface area contributed by atoms with Crippen LogP contribution in [0, 0.1) is 30.2 Å². The van der Waals surface area contributed by atoms with Crippen molar-refractivity contribution in [3.8, 4) is 0 Å². The molecule has 1 aliphatic carbocycles. The first-order valence-corrected chi connectivity index (χ1v) is 13.6. The lowest BCUT2D eigenvalue weighted by Gasteiger charge is -2.19. The van der Waals surface area contributed by atoms with Gasteiger partial charge in [0.1, 0.15) is 10.6 Å². The second-order valence-electron chi connectivity index (χ2n) is 9.51. The van der Waals surface area contributed by atoms with Crippen molar-refractivity contribution in [3.63, 3.8) is 0 Å². The van der Waals surface area contributed by atoms with Gasteiger partial charge in [0.25, 0.3) is 5.91 Å². The number of aryl methyl sites for hydroxylation is 1. The Morgan fingerprint density at radius 2 is 1.68 bits per heavy atom. The zero-order chi connectivity index (χ0) is 29.2. The first-order chi connectivity index (χ1) is 18.9. The summed E-state index contributed by atoms with van der Waals surface area (Å²) in [6.45, 7) is 1.58. The Labute approximate surface area is 228 Å². The van der Waals surface area contributed by atoms with E-state index in [4.69, 9.17) is 4.74 Å². The van der Waals surface area contributed by atoms with Gasteiger partial charge in [-0.15, -0.1) is 0 Å². The average Bonchev–Trinajstić information content (AvgIpc) is 3.69. The van der Waals surface area contributed by atoms with Crippen LogP contribution >= 0.6 is 0 Å². The number of hydrogen-bond acceptors (Lipinski definition) is 6. The van der Waals surface area contributed by atoms with Crippen molar-refractivity contribution >= 4 is 33.0 Å². The highest BCUT2D eigenvalue weighted by Gasteiger charge is 2.55. The number of benzene rings is 3. The molecule has 0 unspecified atom stereocenters. The molecule has 3 aromatic rings. The third-order valence-electron chi connectivity index (χ3n) is 6.59. The van der Waals surface area contributed by atoms with E-state index in [2.05, 4.69) is 14.9 Å². The number of amides is 1. The van der Waals surface area contributed by atoms with E-state index in [-0.39, 0.29) is 23.5 Å². The molecule has 4 rings (SSSR count). The molecular formula is C27H27F4N3O5S. The second kappa shape index (κ2) is 11.4. The summed E-state index contributed by atoms with van der Waals surface area (Å²) in [5.41, 5.74) is 0.325. The normalized spacial score (nSPS) is 14.1. The van der Waals surface area contributed by atoms with Crippen LogP contribution in [0.4, 0.5) is 34.6 Å². The quantitative estimate of drug-likeness (QED) is 0.215. The Hall–Kier alpha value is -3.68. The maximum absolute atomic E-state index is 15.4. The fourth-order valence-corrected chi connectivity index (χ4v) is 5.84. The zero-order valence-electron chi connectivity index (χ0n) is 21.8. The van der Waals surface area contributed by atoms with Crippen molar-refractivity contribution in [1.82, 2.24) is 5.48 Å². The molecule has 0 heterocycles. The smallest absolute Gasteiger partial charge is 0.277 e. The van der Waals surface area contributed by atoms with E-state index in [1.54, 1.807) is 6.92 Å². The fraction of sp³-hybridized carbons (Fsp3) is 0.296. The molecule has 40 heavy (non-hydrogen) atoms. The van der Waals surface area contributed by atoms with E-state index < -0.39 is 67.2 Å². The van der Waals surface area contributed by atoms with Crippen LogP contribution in [-0.2, 0) is 26.0 Å². The number of sulfonamides is 1. The number of anilines is 3. The molecule has 0 spiro atoms. The van der Waals surface area contributed by atoms with Gasteiger partial charge in [0.15, 0.2) is 17.5 Å². The van der Waals surface area contributed by atoms with Crippen LogP contribution in [0.1, 0.15) is 39.9 Å². The number of hydrogen-bond donors (Lipinski definition) is 3. The highest BCUT2D eigenvalue weighted by molar-refractivity contribution is 7.94. The van der Waals surface area contributed by atoms with Gasteiger partial charge in [0.2, 0.25) is 10.0 Å². The van der Waals surface area contributed by atoms with Crippen molar-refractivity contribution in [1.29, 1.82) is 0 Å². The summed E-state index contributed by atoms with van der Waals surface area (Å²) in [5, 5.41) is 2.42. The van der Waals surface area contributed by atoms with Crippen molar-refractivity contribution < 1.29 is 40.3 Å². The lowest BCUT2D eigenvalue weighted by Crippen LogP contribution is -2.34. The van der Waals surface area contributed by atoms with Gasteiger partial charge in [0.05, 0.1) is 36.3 Å². The number of methoxy groups -OCH3 is 1. The highest BCUT2D eigenvalue weighted by atomic mass is 32.2. The molecule has 1 amide bonds. The molecule has 0 bridgehead atoms. The Bertz CT molecular complexity index is 1560. The Morgan fingerprint density at radius 1 is 0.950 bits per heavy atom. The molecular weight excluding hydrogens is 554 g/mol. The van der Waals surface area contributed by atoms with Gasteiger partial charge < -0.3 is 10.1 Å². The molecule has 1 saturated carbocycles. The number of nitrogens with one attached hydrogen (secondary N) is 3. The third kappa shape index (κ3) is 5.76. The Kier molecular flexibility index (Phi) is 8.38. The predicted octanol–water partition coefficient (Wildman–Crippen LogP) is 5.10. The minimum absolute atomic E-state index is 0.0622. The minimum atomic E-state index is -4.01. The van der Waals surface area contributed by atoms with Gasteiger partial charge in [-0.1, -0.05) is 18.2 Å². The SMILES string of the molecule is COCC1(S(=O)(=O)Nc2cccc(Cc3cc(C(=O)NOC)c(Nc4ccc(C)cc4F)c(F)c3F)c2F)CC1. The number of carbonyl (C=O) groups excluding carboxylic acids is 1. The number of halogens is 4. The van der Waals surface area contributed by atoms with Crippen LogP contribution in [-0.4, -0.2) is 39.9 Å². The van der Waals surface area contributed by atoms with E-state index in [1.165, 1.54) is 43.5 Å². The molecule has 13 heteroatoms. The van der Waals surface area contributed by atoms with Crippen LogP contribution in [0.15, 0.2) is 42.5 Å². The van der Waals surface area contributed by atoms with Crippen LogP contribution in [0.5, 0.6) is 0 Å². The maximum Gasteiger partial charge on any atom is 0.277 e. The van der Waals surface area contributed by atoms with Crippen LogP contribution in [0.3, 0.4) is 0 Å².